The Kier molecular flexibility index (Phi) is 4.81. The van der Waals surface area contributed by atoms with Crippen molar-refractivity contribution in [3.05, 3.63) is 54.6 Å². The monoisotopic (exact) mass is 341 g/mol. The highest BCUT2D eigenvalue weighted by molar-refractivity contribution is 8.00. The highest BCUT2D eigenvalue weighted by atomic mass is 32.2. The quantitative estimate of drug-likeness (QED) is 0.690. The predicted molar refractivity (Wildman–Crippen MR) is 91.8 cm³/mol. The maximum Gasteiger partial charge on any atom is 0.277 e. The number of nitrogens with one attached hydrogen (secondary N) is 1. The second-order valence-corrected chi connectivity index (χ2v) is 6.33. The number of rotatable bonds is 5. The number of phenols is 1. The van der Waals surface area contributed by atoms with E-state index in [0.717, 1.165) is 5.69 Å². The number of para-hydroxylation sites is 1. The van der Waals surface area contributed by atoms with Crippen molar-refractivity contribution in [2.75, 3.05) is 5.32 Å². The van der Waals surface area contributed by atoms with E-state index in [2.05, 4.69) is 15.5 Å². The van der Waals surface area contributed by atoms with E-state index in [-0.39, 0.29) is 11.7 Å². The molecule has 2 N–H and O–H groups in total. The average molecular weight is 341 g/mol. The van der Waals surface area contributed by atoms with E-state index in [1.807, 2.05) is 30.3 Å². The van der Waals surface area contributed by atoms with Gasteiger partial charge in [0, 0.05) is 11.3 Å². The van der Waals surface area contributed by atoms with Crippen LogP contribution in [0.15, 0.2) is 64.2 Å². The molecule has 1 heterocycles. The molecule has 122 valence electrons. The maximum atomic E-state index is 12.2. The molecule has 0 unspecified atom stereocenters. The standard InChI is InChI=1S/C17H15N3O3S/c1-11(15(22)18-13-5-3-2-4-6-13)24-17-20-19-16(23-17)12-7-9-14(21)10-8-12/h2-11,21H,1H3,(H,18,22)/t11-/m1/s1. The zero-order valence-electron chi connectivity index (χ0n) is 12.8. The first-order valence-corrected chi connectivity index (χ1v) is 8.15. The van der Waals surface area contributed by atoms with Crippen LogP contribution in [0.5, 0.6) is 5.75 Å². The summed E-state index contributed by atoms with van der Waals surface area (Å²) in [6.45, 7) is 1.77. The van der Waals surface area contributed by atoms with Crippen LogP contribution in [-0.2, 0) is 4.79 Å². The zero-order chi connectivity index (χ0) is 16.9. The minimum Gasteiger partial charge on any atom is -0.508 e. The van der Waals surface area contributed by atoms with Crippen LogP contribution in [0.4, 0.5) is 5.69 Å². The molecule has 1 amide bonds. The lowest BCUT2D eigenvalue weighted by atomic mass is 10.2. The Morgan fingerprint density at radius 3 is 2.54 bits per heavy atom. The fourth-order valence-corrected chi connectivity index (χ4v) is 2.63. The molecule has 0 aliphatic rings. The number of aromatic nitrogens is 2. The van der Waals surface area contributed by atoms with E-state index >= 15 is 0 Å². The second-order valence-electron chi connectivity index (χ2n) is 5.04. The minimum atomic E-state index is -0.390. The summed E-state index contributed by atoms with van der Waals surface area (Å²) in [5.41, 5.74) is 1.44. The molecule has 2 aromatic carbocycles. The Balaban J connectivity index is 1.63. The summed E-state index contributed by atoms with van der Waals surface area (Å²) in [6.07, 6.45) is 0. The molecule has 24 heavy (non-hydrogen) atoms. The SMILES string of the molecule is C[C@@H](Sc1nnc(-c2ccc(O)cc2)o1)C(=O)Nc1ccccc1. The van der Waals surface area contributed by atoms with E-state index in [1.54, 1.807) is 31.2 Å². The van der Waals surface area contributed by atoms with Gasteiger partial charge in [0.15, 0.2) is 0 Å². The van der Waals surface area contributed by atoms with E-state index < -0.39 is 5.25 Å². The number of aromatic hydroxyl groups is 1. The first kappa shape index (κ1) is 16.1. The van der Waals surface area contributed by atoms with Crippen LogP contribution >= 0.6 is 11.8 Å². The first-order valence-electron chi connectivity index (χ1n) is 7.27. The normalized spacial score (nSPS) is 11.9. The van der Waals surface area contributed by atoms with Crippen LogP contribution in [0.3, 0.4) is 0 Å². The summed E-state index contributed by atoms with van der Waals surface area (Å²) >= 11 is 1.19. The number of benzene rings is 2. The maximum absolute atomic E-state index is 12.2. The van der Waals surface area contributed by atoms with Crippen LogP contribution in [0.2, 0.25) is 0 Å². The third-order valence-corrected chi connectivity index (χ3v) is 4.14. The van der Waals surface area contributed by atoms with Crippen molar-refractivity contribution in [2.24, 2.45) is 0 Å². The highest BCUT2D eigenvalue weighted by Crippen LogP contribution is 2.27. The van der Waals surface area contributed by atoms with Gasteiger partial charge in [-0.05, 0) is 43.3 Å². The summed E-state index contributed by atoms with van der Waals surface area (Å²) in [5.74, 6) is 0.364. The van der Waals surface area contributed by atoms with Crippen LogP contribution in [0, 0.1) is 0 Å². The first-order chi connectivity index (χ1) is 11.6. The number of anilines is 1. The number of nitrogens with zero attached hydrogens (tertiary/aromatic N) is 2. The smallest absolute Gasteiger partial charge is 0.277 e. The molecule has 0 bridgehead atoms. The molecule has 1 aromatic heterocycles. The molecule has 0 radical (unpaired) electrons. The van der Waals surface area contributed by atoms with Crippen molar-refractivity contribution in [2.45, 2.75) is 17.4 Å². The van der Waals surface area contributed by atoms with E-state index in [0.29, 0.717) is 16.7 Å². The number of amides is 1. The average Bonchev–Trinajstić information content (AvgIpc) is 3.05. The number of carbonyl (C=O) groups excluding carboxylic acids is 1. The Morgan fingerprint density at radius 1 is 1.12 bits per heavy atom. The summed E-state index contributed by atoms with van der Waals surface area (Å²) in [7, 11) is 0. The van der Waals surface area contributed by atoms with Gasteiger partial charge in [-0.25, -0.2) is 0 Å². The number of hydrogen-bond donors (Lipinski definition) is 2. The molecular formula is C17H15N3O3S. The lowest BCUT2D eigenvalue weighted by Gasteiger charge is -2.09. The third-order valence-electron chi connectivity index (χ3n) is 3.21. The molecule has 0 saturated heterocycles. The van der Waals surface area contributed by atoms with Crippen molar-refractivity contribution in [3.63, 3.8) is 0 Å². The minimum absolute atomic E-state index is 0.143. The van der Waals surface area contributed by atoms with E-state index in [4.69, 9.17) is 4.42 Å². The molecule has 6 nitrogen and oxygen atoms in total. The van der Waals surface area contributed by atoms with Crippen LogP contribution in [-0.4, -0.2) is 26.5 Å². The summed E-state index contributed by atoms with van der Waals surface area (Å²) in [6, 6.07) is 15.7. The van der Waals surface area contributed by atoms with Gasteiger partial charge < -0.3 is 14.8 Å². The molecule has 1 atom stereocenters. The lowest BCUT2D eigenvalue weighted by Crippen LogP contribution is -2.22. The number of thioether (sulfide) groups is 1. The molecule has 0 aliphatic carbocycles. The molecule has 0 spiro atoms. The summed E-state index contributed by atoms with van der Waals surface area (Å²) in [5, 5.41) is 20.0. The molecule has 0 saturated carbocycles. The van der Waals surface area contributed by atoms with Gasteiger partial charge in [-0.3, -0.25) is 4.79 Å². The van der Waals surface area contributed by atoms with Crippen LogP contribution < -0.4 is 5.32 Å². The fraction of sp³-hybridized carbons (Fsp3) is 0.118. The lowest BCUT2D eigenvalue weighted by molar-refractivity contribution is -0.115. The molecule has 3 aromatic rings. The Morgan fingerprint density at radius 2 is 1.83 bits per heavy atom. The second kappa shape index (κ2) is 7.18. The Labute approximate surface area is 142 Å². The number of phenolic OH excluding ortho intramolecular Hbond substituents is 1. The Hall–Kier alpha value is -2.80. The van der Waals surface area contributed by atoms with E-state index in [9.17, 15) is 9.90 Å². The van der Waals surface area contributed by atoms with Gasteiger partial charge in [0.1, 0.15) is 5.75 Å². The molecule has 0 fully saturated rings. The van der Waals surface area contributed by atoms with Gasteiger partial charge >= 0.3 is 0 Å². The molecule has 7 heteroatoms. The van der Waals surface area contributed by atoms with Gasteiger partial charge in [0.25, 0.3) is 5.22 Å². The topological polar surface area (TPSA) is 88.2 Å². The molecule has 0 aliphatic heterocycles. The van der Waals surface area contributed by atoms with Gasteiger partial charge in [-0.1, -0.05) is 30.0 Å². The number of carbonyl (C=O) groups is 1. The van der Waals surface area contributed by atoms with E-state index in [1.165, 1.54) is 11.8 Å². The fourth-order valence-electron chi connectivity index (χ4n) is 1.95. The third kappa shape index (κ3) is 3.94. The highest BCUT2D eigenvalue weighted by Gasteiger charge is 2.18. The van der Waals surface area contributed by atoms with Crippen molar-refractivity contribution in [1.82, 2.24) is 10.2 Å². The summed E-state index contributed by atoms with van der Waals surface area (Å²) in [4.78, 5) is 12.2. The van der Waals surface area contributed by atoms with Crippen molar-refractivity contribution in [3.8, 4) is 17.2 Å². The predicted octanol–water partition coefficient (Wildman–Crippen LogP) is 3.56. The number of hydrogen-bond acceptors (Lipinski definition) is 6. The van der Waals surface area contributed by atoms with Crippen molar-refractivity contribution >= 4 is 23.4 Å². The Bertz CT molecular complexity index is 819. The van der Waals surface area contributed by atoms with Crippen LogP contribution in [0.1, 0.15) is 6.92 Å². The van der Waals surface area contributed by atoms with Gasteiger partial charge in [0.05, 0.1) is 5.25 Å². The van der Waals surface area contributed by atoms with Gasteiger partial charge in [0.2, 0.25) is 11.8 Å². The van der Waals surface area contributed by atoms with Gasteiger partial charge in [-0.2, -0.15) is 0 Å². The largest absolute Gasteiger partial charge is 0.508 e. The van der Waals surface area contributed by atoms with Crippen LogP contribution in [0.25, 0.3) is 11.5 Å². The molecular weight excluding hydrogens is 326 g/mol. The van der Waals surface area contributed by atoms with Crippen molar-refractivity contribution < 1.29 is 14.3 Å². The zero-order valence-corrected chi connectivity index (χ0v) is 13.7. The summed E-state index contributed by atoms with van der Waals surface area (Å²) < 4.78 is 5.56. The van der Waals surface area contributed by atoms with Crippen molar-refractivity contribution in [1.29, 1.82) is 0 Å². The van der Waals surface area contributed by atoms with Gasteiger partial charge in [-0.15, -0.1) is 10.2 Å². The molecule has 3 rings (SSSR count).